The van der Waals surface area contributed by atoms with Crippen LogP contribution in [0.15, 0.2) is 42.5 Å². The van der Waals surface area contributed by atoms with Crippen LogP contribution in [0.2, 0.25) is 5.02 Å². The normalized spacial score (nSPS) is 17.4. The van der Waals surface area contributed by atoms with Gasteiger partial charge < -0.3 is 20.3 Å². The number of methoxy groups -OCH3 is 1. The number of aliphatic hydroxyl groups excluding tert-OH is 1. The molecule has 1 aliphatic rings. The molecule has 1 atom stereocenters. The summed E-state index contributed by atoms with van der Waals surface area (Å²) in [5.74, 6) is 0.173. The van der Waals surface area contributed by atoms with Gasteiger partial charge in [-0.1, -0.05) is 29.8 Å². The number of benzene rings is 2. The number of ether oxygens (including phenoxy) is 1. The van der Waals surface area contributed by atoms with Crippen LogP contribution in [-0.4, -0.2) is 60.3 Å². The van der Waals surface area contributed by atoms with Gasteiger partial charge in [0.15, 0.2) is 5.78 Å². The van der Waals surface area contributed by atoms with Crippen molar-refractivity contribution in [3.05, 3.63) is 64.2 Å². The number of halogens is 1. The van der Waals surface area contributed by atoms with Crippen LogP contribution in [0, 0.1) is 0 Å². The Balaban J connectivity index is 1.84. The van der Waals surface area contributed by atoms with Crippen LogP contribution in [0.5, 0.6) is 11.5 Å². The average Bonchev–Trinajstić information content (AvgIpc) is 2.76. The van der Waals surface area contributed by atoms with Crippen molar-refractivity contribution in [3.63, 3.8) is 0 Å². The Morgan fingerprint density at radius 2 is 2.07 bits per heavy atom. The number of allylic oxidation sites excluding steroid dienone is 1. The van der Waals surface area contributed by atoms with Crippen LogP contribution < -0.4 is 10.1 Å². The SMILES string of the molecule is COc1ccc(C(=O)/C=C/c2ccc(Cl)cc2)c(O)c1CN1CCNCC1CCO. The predicted molar refractivity (Wildman–Crippen MR) is 118 cm³/mol. The molecule has 30 heavy (non-hydrogen) atoms. The molecule has 0 radical (unpaired) electrons. The van der Waals surface area contributed by atoms with E-state index in [1.807, 2.05) is 12.1 Å². The second kappa shape index (κ2) is 10.6. The van der Waals surface area contributed by atoms with Crippen molar-refractivity contribution < 1.29 is 19.7 Å². The third-order valence-corrected chi connectivity index (χ3v) is 5.57. The maximum absolute atomic E-state index is 12.7. The van der Waals surface area contributed by atoms with Crippen LogP contribution in [0.25, 0.3) is 6.08 Å². The van der Waals surface area contributed by atoms with E-state index in [9.17, 15) is 15.0 Å². The Hall–Kier alpha value is -2.38. The minimum absolute atomic E-state index is 0.0682. The summed E-state index contributed by atoms with van der Waals surface area (Å²) in [5.41, 5.74) is 1.64. The van der Waals surface area contributed by atoms with Crippen molar-refractivity contribution >= 4 is 23.5 Å². The fraction of sp³-hybridized carbons (Fsp3) is 0.348. The number of hydrogen-bond acceptors (Lipinski definition) is 6. The number of piperazine rings is 1. The molecule has 6 nitrogen and oxygen atoms in total. The van der Waals surface area contributed by atoms with Crippen LogP contribution in [0.1, 0.15) is 27.9 Å². The number of aromatic hydroxyl groups is 1. The van der Waals surface area contributed by atoms with Crippen molar-refractivity contribution in [2.24, 2.45) is 0 Å². The van der Waals surface area contributed by atoms with Crippen molar-refractivity contribution in [1.82, 2.24) is 10.2 Å². The van der Waals surface area contributed by atoms with Crippen LogP contribution >= 0.6 is 11.6 Å². The van der Waals surface area contributed by atoms with Crippen LogP contribution in [0.4, 0.5) is 0 Å². The number of phenolic OH excluding ortho intramolecular Hbond substituents is 1. The standard InChI is InChI=1S/C23H27ClN2O4/c1-30-22-9-7-19(21(28)8-4-16-2-5-17(24)6-3-16)23(29)20(22)15-26-12-11-25-14-18(26)10-13-27/h2-9,18,25,27,29H,10-15H2,1H3/b8-4+. The first-order valence-electron chi connectivity index (χ1n) is 9.96. The van der Waals surface area contributed by atoms with E-state index in [1.54, 1.807) is 37.5 Å². The first kappa shape index (κ1) is 22.3. The topological polar surface area (TPSA) is 82.0 Å². The first-order chi connectivity index (χ1) is 14.5. The van der Waals surface area contributed by atoms with Crippen molar-refractivity contribution in [2.75, 3.05) is 33.4 Å². The molecular formula is C23H27ClN2O4. The third kappa shape index (κ3) is 5.40. The lowest BCUT2D eigenvalue weighted by Gasteiger charge is -2.36. The Bertz CT molecular complexity index is 897. The average molecular weight is 431 g/mol. The highest BCUT2D eigenvalue weighted by atomic mass is 35.5. The molecule has 1 aliphatic heterocycles. The molecule has 1 heterocycles. The summed E-state index contributed by atoms with van der Waals surface area (Å²) in [6, 6.07) is 10.6. The molecule has 1 unspecified atom stereocenters. The number of carbonyl (C=O) groups excluding carboxylic acids is 1. The fourth-order valence-corrected chi connectivity index (χ4v) is 3.77. The number of carbonyl (C=O) groups is 1. The number of phenols is 1. The van der Waals surface area contributed by atoms with E-state index in [0.29, 0.717) is 29.3 Å². The monoisotopic (exact) mass is 430 g/mol. The zero-order valence-electron chi connectivity index (χ0n) is 17.0. The highest BCUT2D eigenvalue weighted by Crippen LogP contribution is 2.34. The zero-order chi connectivity index (χ0) is 21.5. The van der Waals surface area contributed by atoms with E-state index >= 15 is 0 Å². The summed E-state index contributed by atoms with van der Waals surface area (Å²) in [5, 5.41) is 24.2. The number of nitrogens with zero attached hydrogens (tertiary/aromatic N) is 1. The smallest absolute Gasteiger partial charge is 0.189 e. The lowest BCUT2D eigenvalue weighted by Crippen LogP contribution is -2.51. The minimum Gasteiger partial charge on any atom is -0.507 e. The summed E-state index contributed by atoms with van der Waals surface area (Å²) in [6.45, 7) is 2.91. The van der Waals surface area contributed by atoms with Crippen LogP contribution in [0.3, 0.4) is 0 Å². The summed E-state index contributed by atoms with van der Waals surface area (Å²) < 4.78 is 5.44. The Kier molecular flexibility index (Phi) is 7.87. The molecule has 0 saturated carbocycles. The Morgan fingerprint density at radius 1 is 1.30 bits per heavy atom. The fourth-order valence-electron chi connectivity index (χ4n) is 3.64. The summed E-state index contributed by atoms with van der Waals surface area (Å²) in [7, 11) is 1.54. The Labute approximate surface area is 181 Å². The van der Waals surface area contributed by atoms with Gasteiger partial charge in [0.1, 0.15) is 11.5 Å². The molecule has 0 bridgehead atoms. The van der Waals surface area contributed by atoms with E-state index in [2.05, 4.69) is 10.2 Å². The van der Waals surface area contributed by atoms with Gasteiger partial charge >= 0.3 is 0 Å². The molecule has 160 valence electrons. The van der Waals surface area contributed by atoms with Gasteiger partial charge in [-0.05, 0) is 42.3 Å². The molecule has 0 aliphatic carbocycles. The largest absolute Gasteiger partial charge is 0.507 e. The van der Waals surface area contributed by atoms with Gasteiger partial charge in [0, 0.05) is 43.9 Å². The number of aliphatic hydroxyl groups is 1. The predicted octanol–water partition coefficient (Wildman–Crippen LogP) is 3.11. The molecule has 1 saturated heterocycles. The maximum atomic E-state index is 12.7. The van der Waals surface area contributed by atoms with Crippen molar-refractivity contribution in [1.29, 1.82) is 0 Å². The van der Waals surface area contributed by atoms with Gasteiger partial charge in [-0.3, -0.25) is 9.69 Å². The van der Waals surface area contributed by atoms with Crippen LogP contribution in [-0.2, 0) is 6.54 Å². The molecule has 2 aromatic carbocycles. The van der Waals surface area contributed by atoms with E-state index in [1.165, 1.54) is 6.08 Å². The summed E-state index contributed by atoms with van der Waals surface area (Å²) in [6.07, 6.45) is 3.77. The molecule has 7 heteroatoms. The molecular weight excluding hydrogens is 404 g/mol. The Morgan fingerprint density at radius 3 is 2.77 bits per heavy atom. The second-order valence-corrected chi connectivity index (χ2v) is 7.67. The number of hydrogen-bond donors (Lipinski definition) is 3. The van der Waals surface area contributed by atoms with Gasteiger partial charge in [0.05, 0.1) is 18.2 Å². The van der Waals surface area contributed by atoms with E-state index in [-0.39, 0.29) is 29.7 Å². The number of ketones is 1. The van der Waals surface area contributed by atoms with Gasteiger partial charge in [-0.25, -0.2) is 0 Å². The molecule has 0 aromatic heterocycles. The van der Waals surface area contributed by atoms with Gasteiger partial charge in [0.2, 0.25) is 0 Å². The quantitative estimate of drug-likeness (QED) is 0.441. The third-order valence-electron chi connectivity index (χ3n) is 5.32. The van der Waals surface area contributed by atoms with Gasteiger partial charge in [0.25, 0.3) is 0 Å². The molecule has 2 aromatic rings. The van der Waals surface area contributed by atoms with Crippen molar-refractivity contribution in [2.45, 2.75) is 19.0 Å². The van der Waals surface area contributed by atoms with E-state index in [0.717, 1.165) is 25.2 Å². The second-order valence-electron chi connectivity index (χ2n) is 7.23. The van der Waals surface area contributed by atoms with E-state index < -0.39 is 0 Å². The molecule has 1 fully saturated rings. The zero-order valence-corrected chi connectivity index (χ0v) is 17.7. The maximum Gasteiger partial charge on any atom is 0.189 e. The minimum atomic E-state index is -0.293. The lowest BCUT2D eigenvalue weighted by atomic mass is 10.0. The molecule has 0 spiro atoms. The van der Waals surface area contributed by atoms with Gasteiger partial charge in [-0.2, -0.15) is 0 Å². The summed E-state index contributed by atoms with van der Waals surface area (Å²) >= 11 is 5.89. The number of nitrogens with one attached hydrogen (secondary N) is 1. The molecule has 3 rings (SSSR count). The lowest BCUT2D eigenvalue weighted by molar-refractivity contribution is 0.104. The summed E-state index contributed by atoms with van der Waals surface area (Å²) in [4.78, 5) is 14.9. The molecule has 3 N–H and O–H groups in total. The molecule has 0 amide bonds. The van der Waals surface area contributed by atoms with Crippen molar-refractivity contribution in [3.8, 4) is 11.5 Å². The number of rotatable bonds is 8. The van der Waals surface area contributed by atoms with E-state index in [4.69, 9.17) is 16.3 Å². The highest BCUT2D eigenvalue weighted by molar-refractivity contribution is 6.30. The van der Waals surface area contributed by atoms with Gasteiger partial charge in [-0.15, -0.1) is 0 Å². The highest BCUT2D eigenvalue weighted by Gasteiger charge is 2.25. The first-order valence-corrected chi connectivity index (χ1v) is 10.3.